The van der Waals surface area contributed by atoms with Gasteiger partial charge in [0.05, 0.1) is 13.7 Å². The number of hydrogen-bond donors (Lipinski definition) is 1. The molecule has 0 aliphatic carbocycles. The van der Waals surface area contributed by atoms with Crippen LogP contribution in [0.4, 0.5) is 4.79 Å². The Labute approximate surface area is 185 Å². The summed E-state index contributed by atoms with van der Waals surface area (Å²) < 4.78 is 15.1. The van der Waals surface area contributed by atoms with Gasteiger partial charge >= 0.3 is 6.16 Å². The SMILES string of the molecule is CCOC(=O)Oc1ccc(C=CC=CC(=O)NC/C=C(\C)CCC=C(C)C)cc1OC. The molecule has 0 saturated heterocycles. The summed E-state index contributed by atoms with van der Waals surface area (Å²) in [5.41, 5.74) is 3.40. The van der Waals surface area contributed by atoms with Gasteiger partial charge in [-0.15, -0.1) is 0 Å². The Bertz CT molecular complexity index is 845. The average Bonchev–Trinajstić information content (AvgIpc) is 2.72. The molecule has 168 valence electrons. The first-order valence-corrected chi connectivity index (χ1v) is 10.3. The van der Waals surface area contributed by atoms with Crippen LogP contribution in [0.5, 0.6) is 11.5 Å². The minimum Gasteiger partial charge on any atom is -0.493 e. The van der Waals surface area contributed by atoms with Gasteiger partial charge in [-0.1, -0.05) is 47.6 Å². The summed E-state index contributed by atoms with van der Waals surface area (Å²) >= 11 is 0. The Hall–Kier alpha value is -3.28. The molecule has 0 saturated carbocycles. The van der Waals surface area contributed by atoms with Crippen molar-refractivity contribution >= 4 is 18.1 Å². The summed E-state index contributed by atoms with van der Waals surface area (Å²) in [6.45, 7) is 8.69. The fourth-order valence-electron chi connectivity index (χ4n) is 2.49. The lowest BCUT2D eigenvalue weighted by Crippen LogP contribution is -2.20. The van der Waals surface area contributed by atoms with E-state index in [0.29, 0.717) is 12.3 Å². The Kier molecular flexibility index (Phi) is 12.2. The van der Waals surface area contributed by atoms with Crippen molar-refractivity contribution in [1.82, 2.24) is 5.32 Å². The van der Waals surface area contributed by atoms with Gasteiger partial charge in [0.2, 0.25) is 5.91 Å². The van der Waals surface area contributed by atoms with Crippen LogP contribution in [-0.2, 0) is 9.53 Å². The third-order valence-corrected chi connectivity index (χ3v) is 4.11. The molecule has 0 bridgehead atoms. The molecule has 1 aromatic carbocycles. The molecular weight excluding hydrogens is 394 g/mol. The van der Waals surface area contributed by atoms with Crippen LogP contribution in [0, 0.1) is 0 Å². The van der Waals surface area contributed by atoms with E-state index in [0.717, 1.165) is 18.4 Å². The molecule has 0 aromatic heterocycles. The maximum Gasteiger partial charge on any atom is 0.513 e. The normalized spacial score (nSPS) is 11.5. The number of allylic oxidation sites excluding steroid dienone is 5. The summed E-state index contributed by atoms with van der Waals surface area (Å²) in [5, 5.41) is 2.83. The van der Waals surface area contributed by atoms with E-state index in [1.165, 1.54) is 24.3 Å². The van der Waals surface area contributed by atoms with Crippen LogP contribution < -0.4 is 14.8 Å². The number of nitrogens with one attached hydrogen (secondary N) is 1. The highest BCUT2D eigenvalue weighted by Gasteiger charge is 2.10. The van der Waals surface area contributed by atoms with E-state index < -0.39 is 6.16 Å². The molecular formula is C25H33NO5. The number of hydrogen-bond acceptors (Lipinski definition) is 5. The maximum absolute atomic E-state index is 11.9. The Morgan fingerprint density at radius 2 is 1.84 bits per heavy atom. The molecule has 1 amide bonds. The van der Waals surface area contributed by atoms with Gasteiger partial charge in [-0.05, 0) is 58.2 Å². The lowest BCUT2D eigenvalue weighted by atomic mass is 10.1. The zero-order valence-corrected chi connectivity index (χ0v) is 19.1. The fraction of sp³-hybridized carbons (Fsp3) is 0.360. The van der Waals surface area contributed by atoms with Crippen molar-refractivity contribution in [1.29, 1.82) is 0 Å². The third-order valence-electron chi connectivity index (χ3n) is 4.11. The van der Waals surface area contributed by atoms with Gasteiger partial charge in [-0.3, -0.25) is 4.79 Å². The molecule has 0 spiro atoms. The highest BCUT2D eigenvalue weighted by atomic mass is 16.7. The first kappa shape index (κ1) is 25.8. The number of ether oxygens (including phenoxy) is 3. The number of amides is 1. The van der Waals surface area contributed by atoms with E-state index in [4.69, 9.17) is 14.2 Å². The molecule has 0 fully saturated rings. The molecule has 31 heavy (non-hydrogen) atoms. The molecule has 6 heteroatoms. The van der Waals surface area contributed by atoms with Gasteiger partial charge in [-0.2, -0.15) is 0 Å². The summed E-state index contributed by atoms with van der Waals surface area (Å²) in [5.74, 6) is 0.523. The maximum atomic E-state index is 11.9. The van der Waals surface area contributed by atoms with E-state index >= 15 is 0 Å². The van der Waals surface area contributed by atoms with Crippen LogP contribution in [-0.4, -0.2) is 32.3 Å². The van der Waals surface area contributed by atoms with E-state index in [2.05, 4.69) is 32.2 Å². The molecule has 1 aromatic rings. The predicted molar refractivity (Wildman–Crippen MR) is 124 cm³/mol. The number of carbonyl (C=O) groups is 2. The van der Waals surface area contributed by atoms with Crippen LogP contribution >= 0.6 is 0 Å². The second kappa shape index (κ2) is 14.7. The third kappa shape index (κ3) is 11.5. The van der Waals surface area contributed by atoms with Gasteiger partial charge in [-0.25, -0.2) is 4.79 Å². The molecule has 6 nitrogen and oxygen atoms in total. The van der Waals surface area contributed by atoms with Gasteiger partial charge in [0.15, 0.2) is 11.5 Å². The van der Waals surface area contributed by atoms with Crippen molar-refractivity contribution in [2.75, 3.05) is 20.3 Å². The number of rotatable bonds is 11. The lowest BCUT2D eigenvalue weighted by Gasteiger charge is -2.09. The van der Waals surface area contributed by atoms with E-state index in [1.54, 1.807) is 37.3 Å². The van der Waals surface area contributed by atoms with Crippen LogP contribution in [0.25, 0.3) is 6.08 Å². The first-order valence-electron chi connectivity index (χ1n) is 10.3. The van der Waals surface area contributed by atoms with Gasteiger partial charge in [0.1, 0.15) is 0 Å². The van der Waals surface area contributed by atoms with Crippen molar-refractivity contribution in [3.05, 3.63) is 65.3 Å². The summed E-state index contributed by atoms with van der Waals surface area (Å²) in [4.78, 5) is 23.3. The second-order valence-electron chi connectivity index (χ2n) is 7.03. The second-order valence-corrected chi connectivity index (χ2v) is 7.03. The highest BCUT2D eigenvalue weighted by Crippen LogP contribution is 2.28. The Morgan fingerprint density at radius 3 is 2.52 bits per heavy atom. The molecule has 0 unspecified atom stereocenters. The fourth-order valence-corrected chi connectivity index (χ4v) is 2.49. The van der Waals surface area contributed by atoms with Gasteiger partial charge in [0, 0.05) is 12.6 Å². The molecule has 0 aliphatic rings. The Balaban J connectivity index is 2.52. The van der Waals surface area contributed by atoms with Crippen molar-refractivity contribution in [2.24, 2.45) is 0 Å². The zero-order valence-electron chi connectivity index (χ0n) is 19.1. The topological polar surface area (TPSA) is 73.9 Å². The average molecular weight is 428 g/mol. The molecule has 0 atom stereocenters. The van der Waals surface area contributed by atoms with Crippen molar-refractivity contribution in [3.8, 4) is 11.5 Å². The van der Waals surface area contributed by atoms with Crippen LogP contribution in [0.1, 0.15) is 46.1 Å². The van der Waals surface area contributed by atoms with Crippen molar-refractivity contribution < 1.29 is 23.8 Å². The monoisotopic (exact) mass is 427 g/mol. The largest absolute Gasteiger partial charge is 0.513 e. The minimum absolute atomic E-state index is 0.159. The smallest absolute Gasteiger partial charge is 0.493 e. The molecule has 0 radical (unpaired) electrons. The van der Waals surface area contributed by atoms with Crippen LogP contribution in [0.15, 0.2) is 59.7 Å². The molecule has 1 N–H and O–H groups in total. The number of benzene rings is 1. The van der Waals surface area contributed by atoms with Gasteiger partial charge in [0.25, 0.3) is 0 Å². The minimum atomic E-state index is -0.782. The lowest BCUT2D eigenvalue weighted by molar-refractivity contribution is -0.116. The van der Waals surface area contributed by atoms with Gasteiger partial charge < -0.3 is 19.5 Å². The summed E-state index contributed by atoms with van der Waals surface area (Å²) in [7, 11) is 1.49. The number of carbonyl (C=O) groups excluding carboxylic acids is 2. The van der Waals surface area contributed by atoms with E-state index in [-0.39, 0.29) is 18.3 Å². The van der Waals surface area contributed by atoms with Crippen molar-refractivity contribution in [3.63, 3.8) is 0 Å². The number of methoxy groups -OCH3 is 1. The predicted octanol–water partition coefficient (Wildman–Crippen LogP) is 5.61. The van der Waals surface area contributed by atoms with Crippen LogP contribution in [0.2, 0.25) is 0 Å². The quantitative estimate of drug-likeness (QED) is 0.163. The molecule has 0 heterocycles. The standard InChI is InChI=1S/C25H33NO5/c1-6-30-25(28)31-22-15-14-21(18-23(22)29-5)12-7-8-13-24(27)26-17-16-20(4)11-9-10-19(2)3/h7-8,10,12-16,18H,6,9,11,17H2,1-5H3,(H,26,27)/b12-7?,13-8?,20-16+. The molecule has 0 aliphatic heterocycles. The summed E-state index contributed by atoms with van der Waals surface area (Å²) in [6.07, 6.45) is 12.2. The van der Waals surface area contributed by atoms with Crippen molar-refractivity contribution in [2.45, 2.75) is 40.5 Å². The first-order chi connectivity index (χ1) is 14.8. The van der Waals surface area contributed by atoms with E-state index in [9.17, 15) is 9.59 Å². The Morgan fingerprint density at radius 1 is 1.06 bits per heavy atom. The summed E-state index contributed by atoms with van der Waals surface area (Å²) in [6, 6.07) is 5.12. The zero-order chi connectivity index (χ0) is 23.1. The van der Waals surface area contributed by atoms with E-state index in [1.807, 2.05) is 12.2 Å². The molecule has 1 rings (SSSR count). The highest BCUT2D eigenvalue weighted by molar-refractivity contribution is 5.88. The van der Waals surface area contributed by atoms with Crippen LogP contribution in [0.3, 0.4) is 0 Å².